The smallest absolute Gasteiger partial charge is 0.0255 e. The average molecular weight is 212 g/mol. The van der Waals surface area contributed by atoms with Crippen LogP contribution in [0, 0.1) is 5.41 Å². The first-order chi connectivity index (χ1) is 6.32. The SMILES string of the molecule is CN(C)CC1=C(N)CC(C)(C)CC1=S. The minimum atomic E-state index is 0.247. The minimum Gasteiger partial charge on any atom is -0.402 e. The molecule has 0 bridgehead atoms. The summed E-state index contributed by atoms with van der Waals surface area (Å²) in [6.45, 7) is 5.32. The van der Waals surface area contributed by atoms with Crippen LogP contribution in [0.3, 0.4) is 0 Å². The van der Waals surface area contributed by atoms with E-state index < -0.39 is 0 Å². The number of hydrogen-bond donors (Lipinski definition) is 1. The van der Waals surface area contributed by atoms with Crippen molar-refractivity contribution in [3.8, 4) is 0 Å². The van der Waals surface area contributed by atoms with E-state index in [2.05, 4.69) is 18.7 Å². The maximum Gasteiger partial charge on any atom is 0.0255 e. The van der Waals surface area contributed by atoms with Crippen LogP contribution in [0.15, 0.2) is 11.3 Å². The van der Waals surface area contributed by atoms with Crippen LogP contribution in [-0.2, 0) is 0 Å². The Morgan fingerprint density at radius 1 is 1.36 bits per heavy atom. The van der Waals surface area contributed by atoms with Crippen LogP contribution in [0.2, 0.25) is 0 Å². The highest BCUT2D eigenvalue weighted by Crippen LogP contribution is 2.35. The Morgan fingerprint density at radius 2 is 1.93 bits per heavy atom. The molecule has 2 nitrogen and oxygen atoms in total. The van der Waals surface area contributed by atoms with Gasteiger partial charge in [0.2, 0.25) is 0 Å². The molecule has 1 aliphatic rings. The summed E-state index contributed by atoms with van der Waals surface area (Å²) in [6.07, 6.45) is 1.96. The second-order valence-electron chi connectivity index (χ2n) is 5.18. The van der Waals surface area contributed by atoms with Crippen molar-refractivity contribution in [3.63, 3.8) is 0 Å². The van der Waals surface area contributed by atoms with Gasteiger partial charge in [0.15, 0.2) is 0 Å². The molecule has 0 aromatic heterocycles. The molecule has 2 N–H and O–H groups in total. The molecule has 0 aliphatic heterocycles. The largest absolute Gasteiger partial charge is 0.402 e. The van der Waals surface area contributed by atoms with E-state index in [0.29, 0.717) is 0 Å². The van der Waals surface area contributed by atoms with Gasteiger partial charge in [0.1, 0.15) is 0 Å². The van der Waals surface area contributed by atoms with Crippen molar-refractivity contribution >= 4 is 17.1 Å². The zero-order chi connectivity index (χ0) is 10.9. The quantitative estimate of drug-likeness (QED) is 0.709. The van der Waals surface area contributed by atoms with Crippen molar-refractivity contribution in [1.82, 2.24) is 4.90 Å². The van der Waals surface area contributed by atoms with Crippen molar-refractivity contribution in [2.45, 2.75) is 26.7 Å². The van der Waals surface area contributed by atoms with E-state index in [1.807, 2.05) is 14.1 Å². The highest BCUT2D eigenvalue weighted by molar-refractivity contribution is 7.80. The summed E-state index contributed by atoms with van der Waals surface area (Å²) in [5.41, 5.74) is 8.48. The maximum absolute atomic E-state index is 6.06. The predicted molar refractivity (Wildman–Crippen MR) is 65.4 cm³/mol. The van der Waals surface area contributed by atoms with Crippen LogP contribution in [0.4, 0.5) is 0 Å². The molecule has 80 valence electrons. The lowest BCUT2D eigenvalue weighted by atomic mass is 9.76. The molecule has 0 saturated carbocycles. The zero-order valence-corrected chi connectivity index (χ0v) is 10.4. The van der Waals surface area contributed by atoms with Gasteiger partial charge < -0.3 is 10.6 Å². The number of nitrogens with zero attached hydrogens (tertiary/aromatic N) is 1. The third-order valence-corrected chi connectivity index (χ3v) is 2.90. The van der Waals surface area contributed by atoms with Crippen LogP contribution < -0.4 is 5.73 Å². The van der Waals surface area contributed by atoms with Crippen molar-refractivity contribution in [3.05, 3.63) is 11.3 Å². The van der Waals surface area contributed by atoms with Crippen LogP contribution in [0.25, 0.3) is 0 Å². The Balaban J connectivity index is 2.88. The summed E-state index contributed by atoms with van der Waals surface area (Å²) in [5, 5.41) is 0. The van der Waals surface area contributed by atoms with Crippen molar-refractivity contribution < 1.29 is 0 Å². The molecule has 0 aromatic rings. The third-order valence-electron chi connectivity index (χ3n) is 2.51. The molecule has 0 radical (unpaired) electrons. The fraction of sp³-hybridized carbons (Fsp3) is 0.727. The fourth-order valence-corrected chi connectivity index (χ4v) is 2.50. The number of nitrogens with two attached hydrogens (primary N) is 1. The van der Waals surface area contributed by atoms with Crippen molar-refractivity contribution in [2.75, 3.05) is 20.6 Å². The van der Waals surface area contributed by atoms with Gasteiger partial charge in [-0.15, -0.1) is 0 Å². The summed E-state index contributed by atoms with van der Waals surface area (Å²) in [5.74, 6) is 0. The van der Waals surface area contributed by atoms with Gasteiger partial charge in [-0.2, -0.15) is 0 Å². The molecule has 0 spiro atoms. The molecule has 3 heteroatoms. The predicted octanol–water partition coefficient (Wildman–Crippen LogP) is 1.95. The summed E-state index contributed by atoms with van der Waals surface area (Å²) in [4.78, 5) is 3.17. The van der Waals surface area contributed by atoms with Crippen LogP contribution in [0.5, 0.6) is 0 Å². The second-order valence-corrected chi connectivity index (χ2v) is 5.68. The van der Waals surface area contributed by atoms with Gasteiger partial charge in [-0.3, -0.25) is 0 Å². The highest BCUT2D eigenvalue weighted by Gasteiger charge is 2.29. The van der Waals surface area contributed by atoms with Gasteiger partial charge >= 0.3 is 0 Å². The number of likely N-dealkylation sites (N-methyl/N-ethyl adjacent to an activating group) is 1. The summed E-state index contributed by atoms with van der Waals surface area (Å²) in [6, 6.07) is 0. The van der Waals surface area contributed by atoms with E-state index >= 15 is 0 Å². The van der Waals surface area contributed by atoms with E-state index in [4.69, 9.17) is 18.0 Å². The summed E-state index contributed by atoms with van der Waals surface area (Å²) in [7, 11) is 4.09. The molecule has 1 aliphatic carbocycles. The van der Waals surface area contributed by atoms with Crippen LogP contribution in [0.1, 0.15) is 26.7 Å². The number of rotatable bonds is 2. The molecule has 0 amide bonds. The number of hydrogen-bond acceptors (Lipinski definition) is 3. The molecule has 1 rings (SSSR count). The standard InChI is InChI=1S/C11H20N2S/c1-11(2)5-9(12)8(7-13(3)4)10(14)6-11/h5-7,12H2,1-4H3. The van der Waals surface area contributed by atoms with Gasteiger partial charge in [0, 0.05) is 17.1 Å². The zero-order valence-electron chi connectivity index (χ0n) is 9.55. The third kappa shape index (κ3) is 2.79. The fourth-order valence-electron chi connectivity index (χ4n) is 1.91. The van der Waals surface area contributed by atoms with E-state index in [9.17, 15) is 0 Å². The Kier molecular flexibility index (Phi) is 3.32. The molecule has 0 unspecified atom stereocenters. The Morgan fingerprint density at radius 3 is 2.36 bits per heavy atom. The topological polar surface area (TPSA) is 29.3 Å². The van der Waals surface area contributed by atoms with E-state index in [-0.39, 0.29) is 5.41 Å². The van der Waals surface area contributed by atoms with Gasteiger partial charge in [-0.25, -0.2) is 0 Å². The molecule has 0 aromatic carbocycles. The molecule has 0 heterocycles. The normalized spacial score (nSPS) is 21.9. The lowest BCUT2D eigenvalue weighted by Crippen LogP contribution is -2.32. The van der Waals surface area contributed by atoms with Gasteiger partial charge in [0.25, 0.3) is 0 Å². The van der Waals surface area contributed by atoms with E-state index in [1.54, 1.807) is 0 Å². The molecule has 0 saturated heterocycles. The number of allylic oxidation sites excluding steroid dienone is 1. The first-order valence-electron chi connectivity index (χ1n) is 4.97. The summed E-state index contributed by atoms with van der Waals surface area (Å²) < 4.78 is 0. The van der Waals surface area contributed by atoms with Gasteiger partial charge in [0.05, 0.1) is 0 Å². The van der Waals surface area contributed by atoms with E-state index in [0.717, 1.165) is 29.9 Å². The molecule has 0 atom stereocenters. The first kappa shape index (κ1) is 11.7. The highest BCUT2D eigenvalue weighted by atomic mass is 32.1. The first-order valence-corrected chi connectivity index (χ1v) is 5.38. The molecule has 14 heavy (non-hydrogen) atoms. The molecule has 0 fully saturated rings. The Bertz CT molecular complexity index is 277. The maximum atomic E-state index is 6.06. The van der Waals surface area contributed by atoms with E-state index in [1.165, 1.54) is 5.57 Å². The Labute approximate surface area is 92.2 Å². The lowest BCUT2D eigenvalue weighted by Gasteiger charge is -2.33. The van der Waals surface area contributed by atoms with Gasteiger partial charge in [-0.1, -0.05) is 26.1 Å². The molecular formula is C11H20N2S. The second kappa shape index (κ2) is 3.99. The monoisotopic (exact) mass is 212 g/mol. The average Bonchev–Trinajstić information content (AvgIpc) is 1.94. The van der Waals surface area contributed by atoms with Crippen molar-refractivity contribution in [1.29, 1.82) is 0 Å². The minimum absolute atomic E-state index is 0.247. The van der Waals surface area contributed by atoms with Crippen LogP contribution in [-0.4, -0.2) is 30.4 Å². The summed E-state index contributed by atoms with van der Waals surface area (Å²) >= 11 is 5.41. The van der Waals surface area contributed by atoms with Gasteiger partial charge in [-0.05, 0) is 37.9 Å². The van der Waals surface area contributed by atoms with Crippen LogP contribution >= 0.6 is 12.2 Å². The number of thiocarbonyl (C=S) groups is 1. The molecular weight excluding hydrogens is 192 g/mol. The Hall–Kier alpha value is -0.410. The van der Waals surface area contributed by atoms with Crippen molar-refractivity contribution in [2.24, 2.45) is 11.1 Å². The lowest BCUT2D eigenvalue weighted by molar-refractivity contribution is 0.363.